The second-order valence-electron chi connectivity index (χ2n) is 4.23. The van der Waals surface area contributed by atoms with Crippen molar-refractivity contribution < 1.29 is 5.21 Å². The Bertz CT molecular complexity index is 585. The molecule has 0 atom stereocenters. The number of pyridine rings is 2. The second kappa shape index (κ2) is 6.51. The van der Waals surface area contributed by atoms with Crippen LogP contribution in [0.15, 0.2) is 48.0 Å². The van der Waals surface area contributed by atoms with Gasteiger partial charge in [0.15, 0.2) is 5.84 Å². The Balaban J connectivity index is 2.33. The summed E-state index contributed by atoms with van der Waals surface area (Å²) in [6.07, 6.45) is 5.14. The summed E-state index contributed by atoms with van der Waals surface area (Å²) in [4.78, 5) is 10.3. The van der Waals surface area contributed by atoms with Gasteiger partial charge in [0.05, 0.1) is 5.69 Å². The number of amidine groups is 1. The van der Waals surface area contributed by atoms with E-state index in [9.17, 15) is 0 Å². The molecule has 0 aliphatic heterocycles. The molecule has 0 spiro atoms. The second-order valence-corrected chi connectivity index (χ2v) is 4.23. The van der Waals surface area contributed by atoms with Crippen LogP contribution in [0.5, 0.6) is 0 Å². The van der Waals surface area contributed by atoms with Crippen LogP contribution in [0.4, 0.5) is 5.69 Å². The smallest absolute Gasteiger partial charge is 0.190 e. The maximum atomic E-state index is 8.85. The average Bonchev–Trinajstić information content (AvgIpc) is 2.53. The minimum absolute atomic E-state index is 0.00813. The van der Waals surface area contributed by atoms with Gasteiger partial charge in [0, 0.05) is 31.7 Å². The first-order valence-corrected chi connectivity index (χ1v) is 6.33. The summed E-state index contributed by atoms with van der Waals surface area (Å²) in [5.41, 5.74) is 8.13. The molecule has 0 fully saturated rings. The molecule has 0 saturated carbocycles. The zero-order valence-corrected chi connectivity index (χ0v) is 11.3. The molecule has 2 rings (SSSR count). The molecule has 2 aromatic heterocycles. The average molecular weight is 271 g/mol. The van der Waals surface area contributed by atoms with E-state index >= 15 is 0 Å². The Hall–Kier alpha value is -2.63. The van der Waals surface area contributed by atoms with Gasteiger partial charge in [-0.3, -0.25) is 9.97 Å². The summed E-state index contributed by atoms with van der Waals surface area (Å²) < 4.78 is 0. The Morgan fingerprint density at radius 3 is 2.70 bits per heavy atom. The molecule has 0 aliphatic rings. The summed E-state index contributed by atoms with van der Waals surface area (Å²) in [5, 5.41) is 11.9. The first-order chi connectivity index (χ1) is 9.76. The maximum absolute atomic E-state index is 8.85. The standard InChI is InChI=1S/C14H17N5O/c1-2-19(10-11-5-8-16-9-6-11)12-4-3-7-17-13(12)14(15)18-20/h3-9,20H,2,10H2,1H3,(H2,15,18). The summed E-state index contributed by atoms with van der Waals surface area (Å²) in [6, 6.07) is 7.66. The number of rotatable bonds is 5. The number of aromatic nitrogens is 2. The number of anilines is 1. The van der Waals surface area contributed by atoms with Gasteiger partial charge < -0.3 is 15.8 Å². The summed E-state index contributed by atoms with van der Waals surface area (Å²) in [7, 11) is 0. The fourth-order valence-electron chi connectivity index (χ4n) is 1.97. The van der Waals surface area contributed by atoms with Crippen LogP contribution in [-0.2, 0) is 6.54 Å². The van der Waals surface area contributed by atoms with Crippen LogP contribution in [0.3, 0.4) is 0 Å². The Morgan fingerprint density at radius 2 is 2.05 bits per heavy atom. The molecule has 6 heteroatoms. The largest absolute Gasteiger partial charge is 0.409 e. The topological polar surface area (TPSA) is 87.6 Å². The fraction of sp³-hybridized carbons (Fsp3) is 0.214. The van der Waals surface area contributed by atoms with Crippen LogP contribution in [-0.4, -0.2) is 27.6 Å². The first kappa shape index (κ1) is 13.8. The Kier molecular flexibility index (Phi) is 4.49. The van der Waals surface area contributed by atoms with E-state index in [-0.39, 0.29) is 5.84 Å². The van der Waals surface area contributed by atoms with Crippen molar-refractivity contribution in [3.8, 4) is 0 Å². The van der Waals surface area contributed by atoms with Crippen molar-refractivity contribution >= 4 is 11.5 Å². The quantitative estimate of drug-likeness (QED) is 0.373. The van der Waals surface area contributed by atoms with Crippen molar-refractivity contribution in [1.82, 2.24) is 9.97 Å². The van der Waals surface area contributed by atoms with Gasteiger partial charge in [-0.25, -0.2) is 0 Å². The molecule has 0 amide bonds. The number of nitrogens with zero attached hydrogens (tertiary/aromatic N) is 4. The SMILES string of the molecule is CCN(Cc1ccncc1)c1cccnc1/C(N)=N/O. The third-order valence-corrected chi connectivity index (χ3v) is 2.98. The number of hydrogen-bond acceptors (Lipinski definition) is 5. The molecular formula is C14H17N5O. The maximum Gasteiger partial charge on any atom is 0.190 e. The lowest BCUT2D eigenvalue weighted by molar-refractivity contribution is 0.318. The molecule has 6 nitrogen and oxygen atoms in total. The highest BCUT2D eigenvalue weighted by Gasteiger charge is 2.14. The van der Waals surface area contributed by atoms with Crippen LogP contribution in [0.1, 0.15) is 18.2 Å². The molecule has 20 heavy (non-hydrogen) atoms. The van der Waals surface area contributed by atoms with Gasteiger partial charge in [0.25, 0.3) is 0 Å². The van der Waals surface area contributed by atoms with E-state index in [1.807, 2.05) is 31.2 Å². The van der Waals surface area contributed by atoms with Crippen molar-refractivity contribution in [2.75, 3.05) is 11.4 Å². The molecule has 104 valence electrons. The predicted molar refractivity (Wildman–Crippen MR) is 77.7 cm³/mol. The normalized spacial score (nSPS) is 11.3. The van der Waals surface area contributed by atoms with E-state index in [4.69, 9.17) is 10.9 Å². The molecule has 3 N–H and O–H groups in total. The van der Waals surface area contributed by atoms with Gasteiger partial charge in [0.1, 0.15) is 5.69 Å². The Labute approximate surface area is 117 Å². The number of hydrogen-bond donors (Lipinski definition) is 2. The molecule has 0 unspecified atom stereocenters. The van der Waals surface area contributed by atoms with E-state index in [0.717, 1.165) is 17.8 Å². The minimum atomic E-state index is 0.00813. The Morgan fingerprint density at radius 1 is 1.30 bits per heavy atom. The predicted octanol–water partition coefficient (Wildman–Crippen LogP) is 1.60. The van der Waals surface area contributed by atoms with E-state index in [2.05, 4.69) is 20.0 Å². The number of oxime groups is 1. The lowest BCUT2D eigenvalue weighted by Crippen LogP contribution is -2.27. The van der Waals surface area contributed by atoms with E-state index < -0.39 is 0 Å². The van der Waals surface area contributed by atoms with Gasteiger partial charge in [-0.05, 0) is 36.8 Å². The van der Waals surface area contributed by atoms with Gasteiger partial charge >= 0.3 is 0 Å². The van der Waals surface area contributed by atoms with Crippen molar-refractivity contribution in [3.63, 3.8) is 0 Å². The van der Waals surface area contributed by atoms with Gasteiger partial charge in [-0.1, -0.05) is 5.16 Å². The van der Waals surface area contributed by atoms with Crippen molar-refractivity contribution in [2.45, 2.75) is 13.5 Å². The molecule has 2 aromatic rings. The van der Waals surface area contributed by atoms with E-state index in [0.29, 0.717) is 12.2 Å². The van der Waals surface area contributed by atoms with Crippen LogP contribution >= 0.6 is 0 Å². The zero-order valence-electron chi connectivity index (χ0n) is 11.3. The van der Waals surface area contributed by atoms with E-state index in [1.165, 1.54) is 0 Å². The minimum Gasteiger partial charge on any atom is -0.409 e. The molecule has 0 aromatic carbocycles. The monoisotopic (exact) mass is 271 g/mol. The molecule has 0 bridgehead atoms. The number of nitrogens with two attached hydrogens (primary N) is 1. The summed E-state index contributed by atoms with van der Waals surface area (Å²) >= 11 is 0. The van der Waals surface area contributed by atoms with Crippen LogP contribution in [0, 0.1) is 0 Å². The van der Waals surface area contributed by atoms with Crippen molar-refractivity contribution in [3.05, 3.63) is 54.1 Å². The third-order valence-electron chi connectivity index (χ3n) is 2.98. The highest BCUT2D eigenvalue weighted by molar-refractivity contribution is 6.00. The molecule has 2 heterocycles. The summed E-state index contributed by atoms with van der Waals surface area (Å²) in [6.45, 7) is 3.53. The van der Waals surface area contributed by atoms with Crippen molar-refractivity contribution in [2.24, 2.45) is 10.9 Å². The van der Waals surface area contributed by atoms with Gasteiger partial charge in [0.2, 0.25) is 0 Å². The van der Waals surface area contributed by atoms with Crippen LogP contribution in [0.2, 0.25) is 0 Å². The highest BCUT2D eigenvalue weighted by atomic mass is 16.4. The van der Waals surface area contributed by atoms with Crippen LogP contribution in [0.25, 0.3) is 0 Å². The molecule has 0 aliphatic carbocycles. The summed E-state index contributed by atoms with van der Waals surface area (Å²) in [5.74, 6) is 0.00813. The van der Waals surface area contributed by atoms with E-state index in [1.54, 1.807) is 18.6 Å². The fourth-order valence-corrected chi connectivity index (χ4v) is 1.97. The van der Waals surface area contributed by atoms with Gasteiger partial charge in [-0.15, -0.1) is 0 Å². The van der Waals surface area contributed by atoms with Gasteiger partial charge in [-0.2, -0.15) is 0 Å². The zero-order chi connectivity index (χ0) is 14.4. The highest BCUT2D eigenvalue weighted by Crippen LogP contribution is 2.20. The lowest BCUT2D eigenvalue weighted by atomic mass is 10.2. The van der Waals surface area contributed by atoms with Crippen LogP contribution < -0.4 is 10.6 Å². The van der Waals surface area contributed by atoms with Crippen molar-refractivity contribution in [1.29, 1.82) is 0 Å². The molecule has 0 radical (unpaired) electrons. The first-order valence-electron chi connectivity index (χ1n) is 6.33. The molecular weight excluding hydrogens is 254 g/mol. The lowest BCUT2D eigenvalue weighted by Gasteiger charge is -2.24. The molecule has 0 saturated heterocycles. The third kappa shape index (κ3) is 3.03.